The second-order valence-electron chi connectivity index (χ2n) is 7.72. The number of morpholine rings is 1. The summed E-state index contributed by atoms with van der Waals surface area (Å²) in [4.78, 5) is 49.3. The number of nitrogens with zero attached hydrogens (tertiary/aromatic N) is 1. The monoisotopic (exact) mass is 426 g/mol. The van der Waals surface area contributed by atoms with Gasteiger partial charge in [0.25, 0.3) is 18.2 Å². The zero-order chi connectivity index (χ0) is 22.6. The van der Waals surface area contributed by atoms with Crippen molar-refractivity contribution in [2.45, 2.75) is 33.2 Å². The molecule has 1 aliphatic heterocycles. The van der Waals surface area contributed by atoms with E-state index >= 15 is 0 Å². The Hall–Kier alpha value is -3.08. The molecule has 1 heterocycles. The number of alkyl halides is 2. The predicted octanol–water partition coefficient (Wildman–Crippen LogP) is 0.942. The molecule has 4 amide bonds. The number of anilines is 2. The Labute approximate surface area is 171 Å². The first kappa shape index (κ1) is 23.2. The molecule has 0 aromatic heterocycles. The van der Waals surface area contributed by atoms with Crippen LogP contribution < -0.4 is 21.3 Å². The van der Waals surface area contributed by atoms with Gasteiger partial charge < -0.3 is 26.0 Å². The van der Waals surface area contributed by atoms with Crippen LogP contribution in [0.25, 0.3) is 0 Å². The Morgan fingerprint density at radius 2 is 1.90 bits per heavy atom. The standard InChI is InChI=1S/C19H24F2N4O5/c1-19(2,3)18(29)24-14(16(22)27)17(28)23-10-4-5-12(11(8-10)15(20)21)25-6-7-30-9-13(25)26/h4-5,8,14-15H,6-7,9H2,1-3H3,(H2,22,27)(H,23,28)(H,24,29)/t14-/m0/s1. The normalized spacial score (nSPS) is 15.7. The number of amides is 4. The van der Waals surface area contributed by atoms with Crippen molar-refractivity contribution in [1.29, 1.82) is 0 Å². The summed E-state index contributed by atoms with van der Waals surface area (Å²) in [5.41, 5.74) is 3.81. The number of ether oxygens (including phenoxy) is 1. The molecule has 1 fully saturated rings. The van der Waals surface area contributed by atoms with E-state index in [1.807, 2.05) is 0 Å². The van der Waals surface area contributed by atoms with E-state index in [1.54, 1.807) is 20.8 Å². The van der Waals surface area contributed by atoms with E-state index in [4.69, 9.17) is 10.5 Å². The van der Waals surface area contributed by atoms with E-state index in [0.717, 1.165) is 6.07 Å². The third-order valence-electron chi connectivity index (χ3n) is 4.31. The van der Waals surface area contributed by atoms with Crippen molar-refractivity contribution in [3.05, 3.63) is 23.8 Å². The highest BCUT2D eigenvalue weighted by Crippen LogP contribution is 2.33. The molecule has 9 nitrogen and oxygen atoms in total. The number of hydrogen-bond acceptors (Lipinski definition) is 5. The first-order valence-electron chi connectivity index (χ1n) is 9.13. The summed E-state index contributed by atoms with van der Waals surface area (Å²) in [6.45, 7) is 4.86. The minimum atomic E-state index is -2.93. The minimum Gasteiger partial charge on any atom is -0.370 e. The topological polar surface area (TPSA) is 131 Å². The van der Waals surface area contributed by atoms with Crippen molar-refractivity contribution >= 4 is 35.0 Å². The van der Waals surface area contributed by atoms with Crippen molar-refractivity contribution in [2.75, 3.05) is 30.0 Å². The van der Waals surface area contributed by atoms with Gasteiger partial charge in [0.15, 0.2) is 6.04 Å². The molecule has 1 aromatic rings. The lowest BCUT2D eigenvalue weighted by Crippen LogP contribution is -2.54. The van der Waals surface area contributed by atoms with Crippen molar-refractivity contribution in [1.82, 2.24) is 5.32 Å². The van der Waals surface area contributed by atoms with Gasteiger partial charge in [-0.1, -0.05) is 20.8 Å². The maximum atomic E-state index is 13.6. The Bertz CT molecular complexity index is 854. The molecule has 2 rings (SSSR count). The van der Waals surface area contributed by atoms with Crippen LogP contribution in [0.3, 0.4) is 0 Å². The fraction of sp³-hybridized carbons (Fsp3) is 0.474. The van der Waals surface area contributed by atoms with Crippen LogP contribution in [-0.2, 0) is 23.9 Å². The molecule has 0 spiro atoms. The first-order valence-corrected chi connectivity index (χ1v) is 9.13. The molecule has 11 heteroatoms. The SMILES string of the molecule is CC(C)(C)C(=O)N[C@@H](C(N)=O)C(=O)Nc1ccc(N2CCOCC2=O)c(C(F)F)c1. The predicted molar refractivity (Wildman–Crippen MR) is 104 cm³/mol. The molecule has 30 heavy (non-hydrogen) atoms. The number of rotatable bonds is 6. The first-order chi connectivity index (χ1) is 13.9. The number of hydrogen-bond donors (Lipinski definition) is 3. The maximum Gasteiger partial charge on any atom is 0.265 e. The summed E-state index contributed by atoms with van der Waals surface area (Å²) in [6, 6.07) is 1.90. The van der Waals surface area contributed by atoms with Crippen LogP contribution in [0.1, 0.15) is 32.8 Å². The molecular weight excluding hydrogens is 402 g/mol. The lowest BCUT2D eigenvalue weighted by molar-refractivity contribution is -0.136. The van der Waals surface area contributed by atoms with Gasteiger partial charge in [0.2, 0.25) is 11.8 Å². The van der Waals surface area contributed by atoms with Crippen molar-refractivity contribution in [2.24, 2.45) is 11.1 Å². The summed E-state index contributed by atoms with van der Waals surface area (Å²) in [6.07, 6.45) is -2.93. The Morgan fingerprint density at radius 1 is 1.23 bits per heavy atom. The minimum absolute atomic E-state index is 0.00351. The lowest BCUT2D eigenvalue weighted by Gasteiger charge is -2.29. The zero-order valence-corrected chi connectivity index (χ0v) is 16.8. The number of carbonyl (C=O) groups is 4. The number of halogens is 2. The van der Waals surface area contributed by atoms with Gasteiger partial charge in [-0.25, -0.2) is 8.78 Å². The van der Waals surface area contributed by atoms with Gasteiger partial charge in [-0.2, -0.15) is 0 Å². The molecular formula is C19H24F2N4O5. The Balaban J connectivity index is 2.25. The molecule has 0 aliphatic carbocycles. The van der Waals surface area contributed by atoms with Crippen LogP contribution in [-0.4, -0.2) is 49.4 Å². The quantitative estimate of drug-likeness (QED) is 0.583. The van der Waals surface area contributed by atoms with Gasteiger partial charge >= 0.3 is 0 Å². The number of nitrogens with two attached hydrogens (primary N) is 1. The highest BCUT2D eigenvalue weighted by Gasteiger charge is 2.32. The largest absolute Gasteiger partial charge is 0.370 e. The van der Waals surface area contributed by atoms with Gasteiger partial charge in [0.1, 0.15) is 6.61 Å². The van der Waals surface area contributed by atoms with Crippen LogP contribution in [0.2, 0.25) is 0 Å². The van der Waals surface area contributed by atoms with E-state index in [1.165, 1.54) is 17.0 Å². The lowest BCUT2D eigenvalue weighted by atomic mass is 9.95. The third-order valence-corrected chi connectivity index (χ3v) is 4.31. The summed E-state index contributed by atoms with van der Waals surface area (Å²) in [7, 11) is 0. The van der Waals surface area contributed by atoms with Crippen molar-refractivity contribution in [3.8, 4) is 0 Å². The van der Waals surface area contributed by atoms with E-state index in [2.05, 4.69) is 10.6 Å². The molecule has 1 aromatic carbocycles. The van der Waals surface area contributed by atoms with E-state index in [9.17, 15) is 28.0 Å². The van der Waals surface area contributed by atoms with Crippen molar-refractivity contribution in [3.63, 3.8) is 0 Å². The average molecular weight is 426 g/mol. The number of primary amides is 1. The fourth-order valence-corrected chi connectivity index (χ4v) is 2.65. The number of benzene rings is 1. The molecule has 0 unspecified atom stereocenters. The van der Waals surface area contributed by atoms with Gasteiger partial charge in [-0.05, 0) is 18.2 Å². The molecule has 4 N–H and O–H groups in total. The molecule has 0 saturated carbocycles. The Kier molecular flexibility index (Phi) is 7.08. The molecule has 164 valence electrons. The maximum absolute atomic E-state index is 13.6. The summed E-state index contributed by atoms with van der Waals surface area (Å²) < 4.78 is 32.2. The van der Waals surface area contributed by atoms with Gasteiger partial charge in [0.05, 0.1) is 12.3 Å². The fourth-order valence-electron chi connectivity index (χ4n) is 2.65. The second-order valence-corrected chi connectivity index (χ2v) is 7.72. The van der Waals surface area contributed by atoms with Crippen molar-refractivity contribution < 1.29 is 32.7 Å². The molecule has 0 radical (unpaired) electrons. The van der Waals surface area contributed by atoms with E-state index in [0.29, 0.717) is 0 Å². The van der Waals surface area contributed by atoms with Crippen LogP contribution >= 0.6 is 0 Å². The van der Waals surface area contributed by atoms with Crippen LogP contribution in [0.4, 0.5) is 20.2 Å². The molecule has 1 saturated heterocycles. The number of nitrogens with one attached hydrogen (secondary N) is 2. The molecule has 1 aliphatic rings. The molecule has 0 bridgehead atoms. The van der Waals surface area contributed by atoms with Crippen LogP contribution in [0, 0.1) is 5.41 Å². The highest BCUT2D eigenvalue weighted by atomic mass is 19.3. The summed E-state index contributed by atoms with van der Waals surface area (Å²) in [5.74, 6) is -3.13. The summed E-state index contributed by atoms with van der Waals surface area (Å²) >= 11 is 0. The third kappa shape index (κ3) is 5.50. The van der Waals surface area contributed by atoms with Crippen LogP contribution in [0.5, 0.6) is 0 Å². The van der Waals surface area contributed by atoms with Crippen LogP contribution in [0.15, 0.2) is 18.2 Å². The average Bonchev–Trinajstić information content (AvgIpc) is 2.65. The molecule has 1 atom stereocenters. The smallest absolute Gasteiger partial charge is 0.265 e. The second kappa shape index (κ2) is 9.16. The van der Waals surface area contributed by atoms with E-state index < -0.39 is 47.1 Å². The van der Waals surface area contributed by atoms with E-state index in [-0.39, 0.29) is 31.1 Å². The zero-order valence-electron chi connectivity index (χ0n) is 16.8. The summed E-state index contributed by atoms with van der Waals surface area (Å²) in [5, 5.41) is 4.54. The highest BCUT2D eigenvalue weighted by molar-refractivity contribution is 6.11. The van der Waals surface area contributed by atoms with Gasteiger partial charge in [-0.15, -0.1) is 0 Å². The van der Waals surface area contributed by atoms with Gasteiger partial charge in [0, 0.05) is 23.2 Å². The number of carbonyl (C=O) groups excluding carboxylic acids is 4. The van der Waals surface area contributed by atoms with Gasteiger partial charge in [-0.3, -0.25) is 19.2 Å². The Morgan fingerprint density at radius 3 is 2.43 bits per heavy atom.